The van der Waals surface area contributed by atoms with Crippen LogP contribution in [0.3, 0.4) is 0 Å². The van der Waals surface area contributed by atoms with E-state index in [9.17, 15) is 9.59 Å². The Morgan fingerprint density at radius 2 is 1.89 bits per heavy atom. The van der Waals surface area contributed by atoms with Gasteiger partial charge in [-0.3, -0.25) is 14.5 Å². The Morgan fingerprint density at radius 3 is 2.28 bits per heavy atom. The summed E-state index contributed by atoms with van der Waals surface area (Å²) < 4.78 is 9.14. The van der Waals surface area contributed by atoms with Crippen LogP contribution < -0.4 is 5.73 Å². The fraction of sp³-hybridized carbons (Fsp3) is 0.500. The first-order valence-corrected chi connectivity index (χ1v) is 5.93. The Labute approximate surface area is 108 Å². The van der Waals surface area contributed by atoms with Gasteiger partial charge in [-0.15, -0.1) is 11.3 Å². The maximum atomic E-state index is 11.2. The minimum absolute atomic E-state index is 0.00338. The van der Waals surface area contributed by atoms with Crippen LogP contribution in [0, 0.1) is 0 Å². The molecule has 0 aromatic carbocycles. The summed E-state index contributed by atoms with van der Waals surface area (Å²) in [6, 6.07) is 0. The second-order valence-corrected chi connectivity index (χ2v) is 4.61. The molecule has 0 atom stereocenters. The molecular weight excluding hydrogens is 258 g/mol. The number of methoxy groups -OCH3 is 2. The maximum Gasteiger partial charge on any atom is 0.319 e. The molecule has 18 heavy (non-hydrogen) atoms. The predicted octanol–water partition coefficient (Wildman–Crippen LogP) is -0.127. The molecule has 8 heteroatoms. The summed E-state index contributed by atoms with van der Waals surface area (Å²) in [5, 5.41) is 0.445. The van der Waals surface area contributed by atoms with E-state index in [0.717, 1.165) is 4.88 Å². The zero-order valence-electron chi connectivity index (χ0n) is 10.2. The van der Waals surface area contributed by atoms with Crippen LogP contribution in [0.2, 0.25) is 0 Å². The molecule has 0 unspecified atom stereocenters. The van der Waals surface area contributed by atoms with E-state index >= 15 is 0 Å². The first-order valence-electron chi connectivity index (χ1n) is 5.11. The third-order valence-electron chi connectivity index (χ3n) is 2.11. The standard InChI is InChI=1S/C10H15N3O4S/c1-16-8(14)5-13(6-9(15)17-2)4-7-3-12-10(11)18-7/h3H,4-6H2,1-2H3,(H2,11,12). The molecule has 1 rings (SSSR count). The molecule has 2 N–H and O–H groups in total. The number of rotatable bonds is 6. The van der Waals surface area contributed by atoms with Crippen molar-refractivity contribution in [1.82, 2.24) is 9.88 Å². The van der Waals surface area contributed by atoms with Crippen molar-refractivity contribution in [2.24, 2.45) is 0 Å². The number of nitrogens with zero attached hydrogens (tertiary/aromatic N) is 2. The van der Waals surface area contributed by atoms with Gasteiger partial charge in [0.05, 0.1) is 27.3 Å². The third kappa shape index (κ3) is 4.68. The predicted molar refractivity (Wildman–Crippen MR) is 65.8 cm³/mol. The van der Waals surface area contributed by atoms with Crippen molar-refractivity contribution in [3.8, 4) is 0 Å². The van der Waals surface area contributed by atoms with Crippen molar-refractivity contribution in [1.29, 1.82) is 0 Å². The monoisotopic (exact) mass is 273 g/mol. The summed E-state index contributed by atoms with van der Waals surface area (Å²) in [6.45, 7) is 0.395. The van der Waals surface area contributed by atoms with Crippen LogP contribution in [0.4, 0.5) is 5.13 Å². The van der Waals surface area contributed by atoms with E-state index in [1.807, 2.05) is 0 Å². The first-order chi connectivity index (χ1) is 8.55. The number of esters is 2. The molecule has 1 heterocycles. The van der Waals surface area contributed by atoms with Crippen molar-refractivity contribution in [3.63, 3.8) is 0 Å². The zero-order chi connectivity index (χ0) is 13.5. The van der Waals surface area contributed by atoms with Crippen molar-refractivity contribution in [2.45, 2.75) is 6.54 Å². The molecule has 0 saturated heterocycles. The Bertz CT molecular complexity index is 403. The van der Waals surface area contributed by atoms with Crippen LogP contribution in [0.5, 0.6) is 0 Å². The van der Waals surface area contributed by atoms with E-state index in [0.29, 0.717) is 11.7 Å². The van der Waals surface area contributed by atoms with E-state index in [1.54, 1.807) is 11.1 Å². The molecule has 0 aliphatic carbocycles. The van der Waals surface area contributed by atoms with Gasteiger partial charge >= 0.3 is 11.9 Å². The number of carbonyl (C=O) groups is 2. The molecule has 0 aliphatic heterocycles. The van der Waals surface area contributed by atoms with Crippen LogP contribution in [-0.4, -0.2) is 49.1 Å². The molecular formula is C10H15N3O4S. The Hall–Kier alpha value is -1.67. The summed E-state index contributed by atoms with van der Waals surface area (Å²) in [5.41, 5.74) is 5.51. The summed E-state index contributed by atoms with van der Waals surface area (Å²) >= 11 is 1.31. The quantitative estimate of drug-likeness (QED) is 0.721. The lowest BCUT2D eigenvalue weighted by molar-refractivity contribution is -0.145. The van der Waals surface area contributed by atoms with Gasteiger partial charge in [0, 0.05) is 17.6 Å². The van der Waals surface area contributed by atoms with Gasteiger partial charge in [0.2, 0.25) is 0 Å². The van der Waals surface area contributed by atoms with Gasteiger partial charge in [0.25, 0.3) is 0 Å². The lowest BCUT2D eigenvalue weighted by Gasteiger charge is -2.18. The van der Waals surface area contributed by atoms with Gasteiger partial charge in [0.1, 0.15) is 0 Å². The topological polar surface area (TPSA) is 94.8 Å². The van der Waals surface area contributed by atoms with Crippen molar-refractivity contribution >= 4 is 28.4 Å². The molecule has 0 fully saturated rings. The maximum absolute atomic E-state index is 11.2. The number of nitrogens with two attached hydrogens (primary N) is 1. The van der Waals surface area contributed by atoms with Gasteiger partial charge in [-0.25, -0.2) is 4.98 Å². The normalized spacial score (nSPS) is 10.4. The van der Waals surface area contributed by atoms with Crippen LogP contribution in [0.1, 0.15) is 4.88 Å². The molecule has 0 amide bonds. The number of carbonyl (C=O) groups excluding carboxylic acids is 2. The number of nitrogen functional groups attached to an aromatic ring is 1. The fourth-order valence-corrected chi connectivity index (χ4v) is 2.00. The zero-order valence-corrected chi connectivity index (χ0v) is 11.0. The molecule has 1 aromatic rings. The van der Waals surface area contributed by atoms with E-state index < -0.39 is 11.9 Å². The third-order valence-corrected chi connectivity index (χ3v) is 2.92. The van der Waals surface area contributed by atoms with Gasteiger partial charge in [-0.05, 0) is 0 Å². The second kappa shape index (κ2) is 6.92. The van der Waals surface area contributed by atoms with Crippen molar-refractivity contribution in [2.75, 3.05) is 33.0 Å². The number of hydrogen-bond donors (Lipinski definition) is 1. The van der Waals surface area contributed by atoms with Crippen LogP contribution in [-0.2, 0) is 25.6 Å². The van der Waals surface area contributed by atoms with Crippen molar-refractivity contribution in [3.05, 3.63) is 11.1 Å². The van der Waals surface area contributed by atoms with Crippen LogP contribution in [0.25, 0.3) is 0 Å². The number of hydrogen-bond acceptors (Lipinski definition) is 8. The molecule has 7 nitrogen and oxygen atoms in total. The molecule has 100 valence electrons. The highest BCUT2D eigenvalue weighted by molar-refractivity contribution is 7.15. The average molecular weight is 273 g/mol. The number of anilines is 1. The molecule has 0 spiro atoms. The molecule has 1 aromatic heterocycles. The SMILES string of the molecule is COC(=O)CN(CC(=O)OC)Cc1cnc(N)s1. The van der Waals surface area contributed by atoms with Crippen LogP contribution >= 0.6 is 11.3 Å². The van der Waals surface area contributed by atoms with Gasteiger partial charge in [0.15, 0.2) is 5.13 Å². The average Bonchev–Trinajstić information content (AvgIpc) is 2.74. The lowest BCUT2D eigenvalue weighted by atomic mass is 10.4. The van der Waals surface area contributed by atoms with E-state index in [-0.39, 0.29) is 13.1 Å². The Morgan fingerprint density at radius 1 is 1.33 bits per heavy atom. The minimum Gasteiger partial charge on any atom is -0.468 e. The van der Waals surface area contributed by atoms with E-state index in [1.165, 1.54) is 25.6 Å². The van der Waals surface area contributed by atoms with E-state index in [4.69, 9.17) is 5.73 Å². The largest absolute Gasteiger partial charge is 0.468 e. The van der Waals surface area contributed by atoms with Gasteiger partial charge < -0.3 is 15.2 Å². The summed E-state index contributed by atoms with van der Waals surface area (Å²) in [7, 11) is 2.59. The van der Waals surface area contributed by atoms with E-state index in [2.05, 4.69) is 14.5 Å². The molecule has 0 saturated carbocycles. The van der Waals surface area contributed by atoms with Gasteiger partial charge in [-0.1, -0.05) is 0 Å². The molecule has 0 bridgehead atoms. The Balaban J connectivity index is 2.64. The number of ether oxygens (including phenoxy) is 2. The number of aromatic nitrogens is 1. The lowest BCUT2D eigenvalue weighted by Crippen LogP contribution is -2.34. The highest BCUT2D eigenvalue weighted by atomic mass is 32.1. The summed E-state index contributed by atoms with van der Waals surface area (Å²) in [4.78, 5) is 28.8. The highest BCUT2D eigenvalue weighted by Gasteiger charge is 2.16. The first kappa shape index (κ1) is 14.4. The Kier molecular flexibility index (Phi) is 5.53. The number of thiazole rings is 1. The fourth-order valence-electron chi connectivity index (χ4n) is 1.28. The second-order valence-electron chi connectivity index (χ2n) is 3.46. The van der Waals surface area contributed by atoms with Gasteiger partial charge in [-0.2, -0.15) is 0 Å². The minimum atomic E-state index is -0.420. The van der Waals surface area contributed by atoms with Crippen molar-refractivity contribution < 1.29 is 19.1 Å². The molecule has 0 radical (unpaired) electrons. The summed E-state index contributed by atoms with van der Waals surface area (Å²) in [5.74, 6) is -0.840. The summed E-state index contributed by atoms with van der Waals surface area (Å²) in [6.07, 6.45) is 1.61. The van der Waals surface area contributed by atoms with Crippen LogP contribution in [0.15, 0.2) is 6.20 Å². The highest BCUT2D eigenvalue weighted by Crippen LogP contribution is 2.16. The molecule has 0 aliphatic rings. The smallest absolute Gasteiger partial charge is 0.319 e.